The summed E-state index contributed by atoms with van der Waals surface area (Å²) in [5, 5.41) is 10.4. The van der Waals surface area contributed by atoms with Crippen LogP contribution < -0.4 is 9.47 Å². The molecule has 2 aromatic rings. The van der Waals surface area contributed by atoms with Crippen molar-refractivity contribution in [2.24, 2.45) is 5.41 Å². The minimum absolute atomic E-state index is 0.0182. The van der Waals surface area contributed by atoms with Crippen LogP contribution in [-0.2, 0) is 6.42 Å². The highest BCUT2D eigenvalue weighted by Crippen LogP contribution is 2.52. The van der Waals surface area contributed by atoms with Gasteiger partial charge in [-0.3, -0.25) is 4.79 Å². The minimum atomic E-state index is -0.278. The number of methoxy groups -OCH3 is 2. The summed E-state index contributed by atoms with van der Waals surface area (Å²) in [4.78, 5) is 15.5. The van der Waals surface area contributed by atoms with Gasteiger partial charge in [-0.2, -0.15) is 0 Å². The number of carbonyl (C=O) groups excluding carboxylic acids is 1. The predicted octanol–water partition coefficient (Wildman–Crippen LogP) is 3.30. The fraction of sp³-hybridized carbons (Fsp3) is 0.435. The van der Waals surface area contributed by atoms with E-state index in [2.05, 4.69) is 12.1 Å². The molecule has 3 atom stereocenters. The quantitative estimate of drug-likeness (QED) is 0.834. The topological polar surface area (TPSA) is 59.0 Å². The summed E-state index contributed by atoms with van der Waals surface area (Å²) in [5.74, 6) is 1.16. The SMILES string of the molecule is COc1ccc(C(=O)N2[C@H]3CC[C@@H]2[C@@](CO)(Cc2ccccc2)C3)c(OC)c1. The summed E-state index contributed by atoms with van der Waals surface area (Å²) in [6.45, 7) is 0.0899. The van der Waals surface area contributed by atoms with E-state index in [1.54, 1.807) is 32.4 Å². The van der Waals surface area contributed by atoms with E-state index in [4.69, 9.17) is 9.47 Å². The molecular formula is C23H27NO4. The summed E-state index contributed by atoms with van der Waals surface area (Å²) in [6.07, 6.45) is 3.55. The highest BCUT2D eigenvalue weighted by atomic mass is 16.5. The first-order valence-corrected chi connectivity index (χ1v) is 9.81. The lowest BCUT2D eigenvalue weighted by atomic mass is 9.70. The van der Waals surface area contributed by atoms with Gasteiger partial charge in [-0.05, 0) is 43.4 Å². The number of amides is 1. The molecule has 0 saturated carbocycles. The van der Waals surface area contributed by atoms with Crippen molar-refractivity contribution in [1.82, 2.24) is 4.90 Å². The van der Waals surface area contributed by atoms with Gasteiger partial charge in [-0.1, -0.05) is 30.3 Å². The van der Waals surface area contributed by atoms with Gasteiger partial charge in [0, 0.05) is 23.6 Å². The largest absolute Gasteiger partial charge is 0.497 e. The summed E-state index contributed by atoms with van der Waals surface area (Å²) in [6, 6.07) is 15.8. The van der Waals surface area contributed by atoms with E-state index in [0.717, 1.165) is 25.7 Å². The first-order valence-electron chi connectivity index (χ1n) is 9.81. The number of hydrogen-bond donors (Lipinski definition) is 1. The van der Waals surface area contributed by atoms with Crippen LogP contribution in [-0.4, -0.2) is 48.8 Å². The molecule has 5 nitrogen and oxygen atoms in total. The van der Waals surface area contributed by atoms with Gasteiger partial charge in [-0.25, -0.2) is 0 Å². The predicted molar refractivity (Wildman–Crippen MR) is 107 cm³/mol. The summed E-state index contributed by atoms with van der Waals surface area (Å²) in [7, 11) is 3.16. The molecule has 2 bridgehead atoms. The van der Waals surface area contributed by atoms with Crippen molar-refractivity contribution in [3.05, 3.63) is 59.7 Å². The molecule has 0 unspecified atom stereocenters. The van der Waals surface area contributed by atoms with Gasteiger partial charge in [-0.15, -0.1) is 0 Å². The van der Waals surface area contributed by atoms with Gasteiger partial charge in [0.1, 0.15) is 11.5 Å². The normalized spacial score (nSPS) is 25.8. The zero-order valence-electron chi connectivity index (χ0n) is 16.4. The lowest BCUT2D eigenvalue weighted by molar-refractivity contribution is 0.0568. The van der Waals surface area contributed by atoms with Crippen molar-refractivity contribution in [3.8, 4) is 11.5 Å². The number of aliphatic hydroxyl groups excluding tert-OH is 1. The van der Waals surface area contributed by atoms with Gasteiger partial charge in [0.2, 0.25) is 0 Å². The molecule has 0 spiro atoms. The molecule has 2 fully saturated rings. The Morgan fingerprint density at radius 2 is 1.93 bits per heavy atom. The number of benzene rings is 2. The highest BCUT2D eigenvalue weighted by molar-refractivity contribution is 5.98. The lowest BCUT2D eigenvalue weighted by Crippen LogP contribution is -2.44. The lowest BCUT2D eigenvalue weighted by Gasteiger charge is -2.36. The van der Waals surface area contributed by atoms with Gasteiger partial charge < -0.3 is 19.5 Å². The Bertz CT molecular complexity index is 853. The van der Waals surface area contributed by atoms with E-state index in [-0.39, 0.29) is 30.0 Å². The Hall–Kier alpha value is -2.53. The number of nitrogens with zero attached hydrogens (tertiary/aromatic N) is 1. The molecule has 28 heavy (non-hydrogen) atoms. The molecule has 2 aliphatic heterocycles. The maximum absolute atomic E-state index is 13.5. The van der Waals surface area contributed by atoms with Crippen LogP contribution in [0, 0.1) is 5.41 Å². The van der Waals surface area contributed by atoms with Crippen molar-refractivity contribution in [3.63, 3.8) is 0 Å². The van der Waals surface area contributed by atoms with Crippen LogP contribution >= 0.6 is 0 Å². The smallest absolute Gasteiger partial charge is 0.258 e. The van der Waals surface area contributed by atoms with Crippen molar-refractivity contribution >= 4 is 5.91 Å². The average molecular weight is 381 g/mol. The highest BCUT2D eigenvalue weighted by Gasteiger charge is 2.57. The number of ether oxygens (including phenoxy) is 2. The fourth-order valence-corrected chi connectivity index (χ4v) is 5.13. The summed E-state index contributed by atoms with van der Waals surface area (Å²) >= 11 is 0. The van der Waals surface area contributed by atoms with Crippen LogP contribution in [0.3, 0.4) is 0 Å². The van der Waals surface area contributed by atoms with Gasteiger partial charge in [0.25, 0.3) is 5.91 Å². The number of fused-ring (bicyclic) bond motifs is 2. The van der Waals surface area contributed by atoms with Crippen molar-refractivity contribution in [2.75, 3.05) is 20.8 Å². The van der Waals surface area contributed by atoms with Crippen LogP contribution in [0.2, 0.25) is 0 Å². The zero-order valence-corrected chi connectivity index (χ0v) is 16.4. The first-order chi connectivity index (χ1) is 13.6. The maximum atomic E-state index is 13.5. The monoisotopic (exact) mass is 381 g/mol. The standard InChI is InChI=1S/C23H27NO4/c1-27-18-9-10-19(20(12-18)28-2)22(26)24-17-8-11-21(24)23(14-17,15-25)13-16-6-4-3-5-7-16/h3-7,9-10,12,17,21,25H,8,11,13-15H2,1-2H3/t17-,21+,23-/m0/s1. The molecule has 4 rings (SSSR count). The fourth-order valence-electron chi connectivity index (χ4n) is 5.13. The molecule has 2 saturated heterocycles. The molecule has 2 heterocycles. The Labute approximate surface area is 165 Å². The molecular weight excluding hydrogens is 354 g/mol. The Morgan fingerprint density at radius 1 is 1.14 bits per heavy atom. The molecule has 2 aromatic carbocycles. The van der Waals surface area contributed by atoms with E-state index in [1.165, 1.54) is 5.56 Å². The van der Waals surface area contributed by atoms with Crippen LogP contribution in [0.15, 0.2) is 48.5 Å². The number of rotatable bonds is 6. The van der Waals surface area contributed by atoms with Crippen molar-refractivity contribution in [2.45, 2.75) is 37.8 Å². The van der Waals surface area contributed by atoms with Crippen LogP contribution in [0.4, 0.5) is 0 Å². The van der Waals surface area contributed by atoms with Crippen LogP contribution in [0.25, 0.3) is 0 Å². The number of aliphatic hydroxyl groups is 1. The maximum Gasteiger partial charge on any atom is 0.258 e. The van der Waals surface area contributed by atoms with E-state index in [0.29, 0.717) is 17.1 Å². The summed E-state index contributed by atoms with van der Waals surface area (Å²) in [5.41, 5.74) is 1.48. The third kappa shape index (κ3) is 3.04. The molecule has 5 heteroatoms. The van der Waals surface area contributed by atoms with Gasteiger partial charge in [0.15, 0.2) is 0 Å². The molecule has 0 aromatic heterocycles. The summed E-state index contributed by atoms with van der Waals surface area (Å²) < 4.78 is 10.7. The Kier molecular flexibility index (Phi) is 5.02. The Balaban J connectivity index is 1.64. The van der Waals surface area contributed by atoms with E-state index >= 15 is 0 Å². The first kappa shape index (κ1) is 18.8. The number of carbonyl (C=O) groups is 1. The number of hydrogen-bond acceptors (Lipinski definition) is 4. The second-order valence-electron chi connectivity index (χ2n) is 7.91. The molecule has 148 valence electrons. The second-order valence-corrected chi connectivity index (χ2v) is 7.91. The molecule has 0 aliphatic carbocycles. The van der Waals surface area contributed by atoms with E-state index in [9.17, 15) is 9.90 Å². The Morgan fingerprint density at radius 3 is 2.61 bits per heavy atom. The average Bonchev–Trinajstić information content (AvgIpc) is 3.29. The molecule has 1 amide bonds. The third-order valence-corrected chi connectivity index (χ3v) is 6.44. The second kappa shape index (κ2) is 7.47. The molecule has 2 aliphatic rings. The van der Waals surface area contributed by atoms with Gasteiger partial charge >= 0.3 is 0 Å². The van der Waals surface area contributed by atoms with Crippen LogP contribution in [0.1, 0.15) is 35.2 Å². The van der Waals surface area contributed by atoms with Crippen molar-refractivity contribution < 1.29 is 19.4 Å². The van der Waals surface area contributed by atoms with E-state index in [1.807, 2.05) is 23.1 Å². The van der Waals surface area contributed by atoms with Crippen molar-refractivity contribution in [1.29, 1.82) is 0 Å². The molecule has 1 N–H and O–H groups in total. The zero-order chi connectivity index (χ0) is 19.7. The minimum Gasteiger partial charge on any atom is -0.497 e. The molecule has 0 radical (unpaired) electrons. The third-order valence-electron chi connectivity index (χ3n) is 6.44. The van der Waals surface area contributed by atoms with E-state index < -0.39 is 0 Å². The van der Waals surface area contributed by atoms with Crippen LogP contribution in [0.5, 0.6) is 11.5 Å². The van der Waals surface area contributed by atoms with Gasteiger partial charge in [0.05, 0.1) is 26.4 Å².